The van der Waals surface area contributed by atoms with Crippen molar-refractivity contribution in [1.82, 2.24) is 4.98 Å². The van der Waals surface area contributed by atoms with Gasteiger partial charge < -0.3 is 5.73 Å². The van der Waals surface area contributed by atoms with Crippen LogP contribution in [0, 0.1) is 17.8 Å². The van der Waals surface area contributed by atoms with Gasteiger partial charge in [0.05, 0.1) is 0 Å². The fraction of sp³-hybridized carbons (Fsp3) is 0.444. The molecular weight excluding hydrogens is 174 g/mol. The molecule has 0 aliphatic rings. The van der Waals surface area contributed by atoms with Crippen molar-refractivity contribution in [2.24, 2.45) is 11.7 Å². The highest BCUT2D eigenvalue weighted by molar-refractivity contribution is 5.16. The second-order valence-electron chi connectivity index (χ2n) is 3.32. The molecule has 0 radical (unpaired) electrons. The topological polar surface area (TPSA) is 38.9 Å². The SMILES string of the molecule is CC(C)C(N)c1cc(F)nc(F)c1. The first-order chi connectivity index (χ1) is 6.00. The zero-order valence-corrected chi connectivity index (χ0v) is 7.59. The van der Waals surface area contributed by atoms with Crippen molar-refractivity contribution in [3.8, 4) is 0 Å². The lowest BCUT2D eigenvalue weighted by Gasteiger charge is -2.15. The van der Waals surface area contributed by atoms with Crippen LogP contribution in [0.1, 0.15) is 25.5 Å². The summed E-state index contributed by atoms with van der Waals surface area (Å²) in [7, 11) is 0. The second kappa shape index (κ2) is 3.79. The lowest BCUT2D eigenvalue weighted by atomic mass is 9.98. The van der Waals surface area contributed by atoms with Crippen molar-refractivity contribution in [3.05, 3.63) is 29.6 Å². The summed E-state index contributed by atoms with van der Waals surface area (Å²) in [5.41, 5.74) is 6.16. The van der Waals surface area contributed by atoms with Crippen LogP contribution in [-0.2, 0) is 0 Å². The first kappa shape index (κ1) is 10.1. The Hall–Kier alpha value is -1.03. The van der Waals surface area contributed by atoms with Crippen LogP contribution < -0.4 is 5.73 Å². The molecule has 2 nitrogen and oxygen atoms in total. The molecule has 2 N–H and O–H groups in total. The van der Waals surface area contributed by atoms with Crippen LogP contribution >= 0.6 is 0 Å². The van der Waals surface area contributed by atoms with E-state index in [1.54, 1.807) is 0 Å². The molecule has 0 bridgehead atoms. The molecule has 13 heavy (non-hydrogen) atoms. The molecule has 72 valence electrons. The van der Waals surface area contributed by atoms with E-state index in [9.17, 15) is 8.78 Å². The molecule has 0 spiro atoms. The maximum atomic E-state index is 12.6. The average molecular weight is 186 g/mol. The lowest BCUT2D eigenvalue weighted by Crippen LogP contribution is -2.17. The quantitative estimate of drug-likeness (QED) is 0.717. The van der Waals surface area contributed by atoms with Crippen LogP contribution in [-0.4, -0.2) is 4.98 Å². The number of rotatable bonds is 2. The van der Waals surface area contributed by atoms with Gasteiger partial charge in [-0.2, -0.15) is 13.8 Å². The molecule has 0 aromatic carbocycles. The molecular formula is C9H12F2N2. The molecule has 1 heterocycles. The molecule has 1 aromatic heterocycles. The summed E-state index contributed by atoms with van der Waals surface area (Å²) in [6.45, 7) is 3.78. The van der Waals surface area contributed by atoms with Gasteiger partial charge in [0.15, 0.2) is 0 Å². The van der Waals surface area contributed by atoms with Crippen LogP contribution in [0.15, 0.2) is 12.1 Å². The fourth-order valence-electron chi connectivity index (χ4n) is 1.06. The Morgan fingerprint density at radius 1 is 1.23 bits per heavy atom. The number of hydrogen-bond acceptors (Lipinski definition) is 2. The number of aromatic nitrogens is 1. The molecule has 0 saturated heterocycles. The monoisotopic (exact) mass is 186 g/mol. The predicted molar refractivity (Wildman–Crippen MR) is 45.9 cm³/mol. The largest absolute Gasteiger partial charge is 0.324 e. The van der Waals surface area contributed by atoms with Crippen LogP contribution in [0.4, 0.5) is 8.78 Å². The Morgan fingerprint density at radius 3 is 2.08 bits per heavy atom. The van der Waals surface area contributed by atoms with Gasteiger partial charge in [0.25, 0.3) is 0 Å². The highest BCUT2D eigenvalue weighted by Crippen LogP contribution is 2.19. The van der Waals surface area contributed by atoms with E-state index in [1.165, 1.54) is 0 Å². The van der Waals surface area contributed by atoms with E-state index >= 15 is 0 Å². The molecule has 1 aromatic rings. The Labute approximate surface area is 75.8 Å². The molecule has 0 saturated carbocycles. The minimum atomic E-state index is -0.828. The second-order valence-corrected chi connectivity index (χ2v) is 3.32. The summed E-state index contributed by atoms with van der Waals surface area (Å²) < 4.78 is 25.3. The third-order valence-electron chi connectivity index (χ3n) is 1.89. The summed E-state index contributed by atoms with van der Waals surface area (Å²) in [4.78, 5) is 2.99. The average Bonchev–Trinajstić information content (AvgIpc) is 2.01. The van der Waals surface area contributed by atoms with Crippen LogP contribution in [0.25, 0.3) is 0 Å². The first-order valence-electron chi connectivity index (χ1n) is 4.09. The predicted octanol–water partition coefficient (Wildman–Crippen LogP) is 2.02. The van der Waals surface area contributed by atoms with Crippen molar-refractivity contribution < 1.29 is 8.78 Å². The number of nitrogens with zero attached hydrogens (tertiary/aromatic N) is 1. The summed E-state index contributed by atoms with van der Waals surface area (Å²) in [5.74, 6) is -1.52. The Bertz CT molecular complexity index is 279. The van der Waals surface area contributed by atoms with E-state index in [-0.39, 0.29) is 12.0 Å². The molecule has 0 aliphatic carbocycles. The van der Waals surface area contributed by atoms with Crippen LogP contribution in [0.2, 0.25) is 0 Å². The van der Waals surface area contributed by atoms with Gasteiger partial charge in [-0.3, -0.25) is 0 Å². The third kappa shape index (κ3) is 2.45. The first-order valence-corrected chi connectivity index (χ1v) is 4.09. The van der Waals surface area contributed by atoms with Crippen molar-refractivity contribution in [1.29, 1.82) is 0 Å². The smallest absolute Gasteiger partial charge is 0.215 e. The van der Waals surface area contributed by atoms with Gasteiger partial charge in [0.2, 0.25) is 11.9 Å². The number of hydrogen-bond donors (Lipinski definition) is 1. The van der Waals surface area contributed by atoms with Gasteiger partial charge in [-0.25, -0.2) is 0 Å². The maximum Gasteiger partial charge on any atom is 0.215 e. The zero-order chi connectivity index (χ0) is 10.0. The summed E-state index contributed by atoms with van der Waals surface area (Å²) in [6.07, 6.45) is 0. The Balaban J connectivity index is 3.01. The normalized spacial score (nSPS) is 13.4. The van der Waals surface area contributed by atoms with Crippen LogP contribution in [0.3, 0.4) is 0 Å². The maximum absolute atomic E-state index is 12.6. The Kier molecular flexibility index (Phi) is 2.93. The van der Waals surface area contributed by atoms with Crippen molar-refractivity contribution in [2.45, 2.75) is 19.9 Å². The van der Waals surface area contributed by atoms with Gasteiger partial charge in [-0.05, 0) is 23.6 Å². The van der Waals surface area contributed by atoms with E-state index in [0.29, 0.717) is 5.56 Å². The molecule has 1 rings (SSSR count). The minimum absolute atomic E-state index is 0.140. The highest BCUT2D eigenvalue weighted by Gasteiger charge is 2.12. The van der Waals surface area contributed by atoms with Gasteiger partial charge in [-0.15, -0.1) is 0 Å². The van der Waals surface area contributed by atoms with Gasteiger partial charge in [0.1, 0.15) is 0 Å². The summed E-state index contributed by atoms with van der Waals surface area (Å²) in [5, 5.41) is 0. The molecule has 0 fully saturated rings. The van der Waals surface area contributed by atoms with E-state index in [4.69, 9.17) is 5.73 Å². The minimum Gasteiger partial charge on any atom is -0.324 e. The van der Waals surface area contributed by atoms with Crippen LogP contribution in [0.5, 0.6) is 0 Å². The molecule has 4 heteroatoms. The highest BCUT2D eigenvalue weighted by atomic mass is 19.1. The van der Waals surface area contributed by atoms with Crippen molar-refractivity contribution >= 4 is 0 Å². The number of halogens is 2. The zero-order valence-electron chi connectivity index (χ0n) is 7.59. The molecule has 0 amide bonds. The number of pyridine rings is 1. The number of nitrogens with two attached hydrogens (primary N) is 1. The van der Waals surface area contributed by atoms with E-state index in [1.807, 2.05) is 13.8 Å². The summed E-state index contributed by atoms with van der Waals surface area (Å²) in [6, 6.07) is 1.97. The lowest BCUT2D eigenvalue weighted by molar-refractivity contribution is 0.480. The fourth-order valence-corrected chi connectivity index (χ4v) is 1.06. The van der Waals surface area contributed by atoms with E-state index < -0.39 is 11.9 Å². The van der Waals surface area contributed by atoms with Crippen molar-refractivity contribution in [2.75, 3.05) is 0 Å². The third-order valence-corrected chi connectivity index (χ3v) is 1.89. The molecule has 1 atom stereocenters. The van der Waals surface area contributed by atoms with E-state index in [0.717, 1.165) is 12.1 Å². The standard InChI is InChI=1S/C9H12F2N2/c1-5(2)9(12)6-3-7(10)13-8(11)4-6/h3-5,9H,12H2,1-2H3. The van der Waals surface area contributed by atoms with E-state index in [2.05, 4.69) is 4.98 Å². The molecule has 0 aliphatic heterocycles. The Morgan fingerprint density at radius 2 is 1.69 bits per heavy atom. The van der Waals surface area contributed by atoms with Gasteiger partial charge in [0, 0.05) is 6.04 Å². The van der Waals surface area contributed by atoms with Gasteiger partial charge in [-0.1, -0.05) is 13.8 Å². The van der Waals surface area contributed by atoms with Crippen molar-refractivity contribution in [3.63, 3.8) is 0 Å². The van der Waals surface area contributed by atoms with Gasteiger partial charge >= 0.3 is 0 Å². The molecule has 1 unspecified atom stereocenters. The summed E-state index contributed by atoms with van der Waals surface area (Å²) >= 11 is 0.